The number of benzene rings is 1. The SMILES string of the molecule is CO[C@H]1C[C@@H](C(=O)NC2CC(C)(c3ccccc3)C2)N(C)C1. The molecule has 1 aliphatic heterocycles. The Bertz CT molecular complexity index is 525. The van der Waals surface area contributed by atoms with Crippen LogP contribution in [0.1, 0.15) is 31.7 Å². The number of nitrogens with zero attached hydrogens (tertiary/aromatic N) is 1. The fourth-order valence-electron chi connectivity index (χ4n) is 3.93. The van der Waals surface area contributed by atoms with Crippen LogP contribution >= 0.6 is 0 Å². The first-order valence-electron chi connectivity index (χ1n) is 8.11. The number of hydrogen-bond donors (Lipinski definition) is 1. The van der Waals surface area contributed by atoms with Crippen molar-refractivity contribution in [1.82, 2.24) is 10.2 Å². The van der Waals surface area contributed by atoms with E-state index in [0.29, 0.717) is 6.04 Å². The highest BCUT2D eigenvalue weighted by Gasteiger charge is 2.43. The van der Waals surface area contributed by atoms with Crippen LogP contribution in [0.2, 0.25) is 0 Å². The minimum atomic E-state index is -0.0477. The molecule has 3 rings (SSSR count). The Balaban J connectivity index is 1.53. The minimum absolute atomic E-state index is 0.0477. The van der Waals surface area contributed by atoms with Crippen LogP contribution in [-0.4, -0.2) is 49.7 Å². The summed E-state index contributed by atoms with van der Waals surface area (Å²) in [6, 6.07) is 10.8. The van der Waals surface area contributed by atoms with Crippen molar-refractivity contribution in [2.24, 2.45) is 0 Å². The predicted octanol–water partition coefficient (Wildman–Crippen LogP) is 1.94. The normalized spacial score (nSPS) is 35.1. The molecule has 1 amide bonds. The molecule has 2 fully saturated rings. The Kier molecular flexibility index (Phi) is 4.24. The summed E-state index contributed by atoms with van der Waals surface area (Å²) in [5, 5.41) is 3.22. The molecule has 1 aromatic carbocycles. The maximum absolute atomic E-state index is 12.5. The lowest BCUT2D eigenvalue weighted by Crippen LogP contribution is -2.55. The van der Waals surface area contributed by atoms with Crippen molar-refractivity contribution in [3.63, 3.8) is 0 Å². The molecule has 22 heavy (non-hydrogen) atoms. The lowest BCUT2D eigenvalue weighted by Gasteiger charge is -2.46. The zero-order valence-electron chi connectivity index (χ0n) is 13.7. The second-order valence-corrected chi connectivity index (χ2v) is 7.09. The first kappa shape index (κ1) is 15.5. The molecule has 0 unspecified atom stereocenters. The average molecular weight is 302 g/mol. The number of carbonyl (C=O) groups is 1. The number of nitrogens with one attached hydrogen (secondary N) is 1. The largest absolute Gasteiger partial charge is 0.380 e. The molecule has 1 N–H and O–H groups in total. The van der Waals surface area contributed by atoms with E-state index < -0.39 is 0 Å². The highest BCUT2D eigenvalue weighted by atomic mass is 16.5. The van der Waals surface area contributed by atoms with Gasteiger partial charge in [-0.2, -0.15) is 0 Å². The minimum Gasteiger partial charge on any atom is -0.380 e. The quantitative estimate of drug-likeness (QED) is 0.924. The van der Waals surface area contributed by atoms with E-state index in [9.17, 15) is 4.79 Å². The summed E-state index contributed by atoms with van der Waals surface area (Å²) in [5.41, 5.74) is 1.58. The Morgan fingerprint density at radius 3 is 2.59 bits per heavy atom. The fourth-order valence-corrected chi connectivity index (χ4v) is 3.93. The number of likely N-dealkylation sites (tertiary alicyclic amines) is 1. The molecule has 1 aliphatic carbocycles. The van der Waals surface area contributed by atoms with Crippen molar-refractivity contribution in [1.29, 1.82) is 0 Å². The van der Waals surface area contributed by atoms with E-state index in [2.05, 4.69) is 41.4 Å². The summed E-state index contributed by atoms with van der Waals surface area (Å²) in [6.07, 6.45) is 3.01. The van der Waals surface area contributed by atoms with Gasteiger partial charge in [-0.15, -0.1) is 0 Å². The summed E-state index contributed by atoms with van der Waals surface area (Å²) < 4.78 is 5.38. The third-order valence-electron chi connectivity index (χ3n) is 5.36. The fraction of sp³-hybridized carbons (Fsp3) is 0.611. The van der Waals surface area contributed by atoms with Gasteiger partial charge in [-0.05, 0) is 37.3 Å². The van der Waals surface area contributed by atoms with E-state index in [-0.39, 0.29) is 23.5 Å². The molecule has 1 saturated carbocycles. The molecule has 0 spiro atoms. The number of likely N-dealkylation sites (N-methyl/N-ethyl adjacent to an activating group) is 1. The van der Waals surface area contributed by atoms with Crippen molar-refractivity contribution in [3.05, 3.63) is 35.9 Å². The highest BCUT2D eigenvalue weighted by Crippen LogP contribution is 2.43. The molecule has 0 aromatic heterocycles. The second kappa shape index (κ2) is 6.01. The van der Waals surface area contributed by atoms with Crippen LogP contribution in [0.15, 0.2) is 30.3 Å². The molecule has 1 saturated heterocycles. The van der Waals surface area contributed by atoms with Gasteiger partial charge in [0, 0.05) is 19.7 Å². The lowest BCUT2D eigenvalue weighted by atomic mass is 9.63. The third-order valence-corrected chi connectivity index (χ3v) is 5.36. The van der Waals surface area contributed by atoms with Gasteiger partial charge in [0.05, 0.1) is 12.1 Å². The van der Waals surface area contributed by atoms with Crippen LogP contribution in [0.4, 0.5) is 0 Å². The molecule has 0 radical (unpaired) electrons. The van der Waals surface area contributed by atoms with Crippen molar-refractivity contribution >= 4 is 5.91 Å². The van der Waals surface area contributed by atoms with Crippen molar-refractivity contribution in [2.45, 2.75) is 49.8 Å². The van der Waals surface area contributed by atoms with E-state index in [1.165, 1.54) is 5.56 Å². The van der Waals surface area contributed by atoms with E-state index in [1.807, 2.05) is 13.1 Å². The molecule has 4 nitrogen and oxygen atoms in total. The lowest BCUT2D eigenvalue weighted by molar-refractivity contribution is -0.126. The van der Waals surface area contributed by atoms with Crippen molar-refractivity contribution in [3.8, 4) is 0 Å². The van der Waals surface area contributed by atoms with Crippen molar-refractivity contribution < 1.29 is 9.53 Å². The third kappa shape index (κ3) is 2.90. The smallest absolute Gasteiger partial charge is 0.237 e. The number of rotatable bonds is 4. The van der Waals surface area contributed by atoms with Crippen molar-refractivity contribution in [2.75, 3.05) is 20.7 Å². The second-order valence-electron chi connectivity index (χ2n) is 7.09. The first-order valence-corrected chi connectivity index (χ1v) is 8.11. The molecule has 2 atom stereocenters. The van der Waals surface area contributed by atoms with Gasteiger partial charge in [-0.25, -0.2) is 0 Å². The van der Waals surface area contributed by atoms with Gasteiger partial charge in [0.2, 0.25) is 5.91 Å². The van der Waals surface area contributed by atoms with E-state index in [0.717, 1.165) is 25.8 Å². The van der Waals surface area contributed by atoms with Crippen LogP contribution in [0.3, 0.4) is 0 Å². The number of ether oxygens (including phenoxy) is 1. The van der Waals surface area contributed by atoms with Gasteiger partial charge in [-0.3, -0.25) is 9.69 Å². The average Bonchev–Trinajstić information content (AvgIpc) is 2.87. The molecule has 1 aromatic rings. The molecule has 4 heteroatoms. The van der Waals surface area contributed by atoms with Gasteiger partial charge in [0.1, 0.15) is 0 Å². The van der Waals surface area contributed by atoms with Crippen LogP contribution in [0.25, 0.3) is 0 Å². The molecule has 120 valence electrons. The molecular formula is C18H26N2O2. The molecule has 1 heterocycles. The number of methoxy groups -OCH3 is 1. The van der Waals surface area contributed by atoms with E-state index >= 15 is 0 Å². The van der Waals surface area contributed by atoms with Gasteiger partial charge in [0.15, 0.2) is 0 Å². The van der Waals surface area contributed by atoms with Gasteiger partial charge in [-0.1, -0.05) is 37.3 Å². The summed E-state index contributed by atoms with van der Waals surface area (Å²) >= 11 is 0. The van der Waals surface area contributed by atoms with Gasteiger partial charge >= 0.3 is 0 Å². The summed E-state index contributed by atoms with van der Waals surface area (Å²) in [7, 11) is 3.72. The number of hydrogen-bond acceptors (Lipinski definition) is 3. The molecular weight excluding hydrogens is 276 g/mol. The topological polar surface area (TPSA) is 41.6 Å². The first-order chi connectivity index (χ1) is 10.5. The number of amides is 1. The summed E-state index contributed by atoms with van der Waals surface area (Å²) in [4.78, 5) is 14.6. The number of carbonyl (C=O) groups excluding carboxylic acids is 1. The Labute approximate surface area is 132 Å². The Hall–Kier alpha value is -1.39. The van der Waals surface area contributed by atoms with Crippen LogP contribution in [0, 0.1) is 0 Å². The van der Waals surface area contributed by atoms with Crippen LogP contribution < -0.4 is 5.32 Å². The molecule has 2 aliphatic rings. The maximum atomic E-state index is 12.5. The van der Waals surface area contributed by atoms with Gasteiger partial charge in [0.25, 0.3) is 0 Å². The van der Waals surface area contributed by atoms with Gasteiger partial charge < -0.3 is 10.1 Å². The zero-order chi connectivity index (χ0) is 15.7. The summed E-state index contributed by atoms with van der Waals surface area (Å²) in [5.74, 6) is 0.155. The Morgan fingerprint density at radius 2 is 2.00 bits per heavy atom. The Morgan fingerprint density at radius 1 is 1.32 bits per heavy atom. The van der Waals surface area contributed by atoms with E-state index in [4.69, 9.17) is 4.74 Å². The van der Waals surface area contributed by atoms with Crippen LogP contribution in [0.5, 0.6) is 0 Å². The molecule has 0 bridgehead atoms. The van der Waals surface area contributed by atoms with E-state index in [1.54, 1.807) is 7.11 Å². The zero-order valence-corrected chi connectivity index (χ0v) is 13.7. The maximum Gasteiger partial charge on any atom is 0.237 e. The highest BCUT2D eigenvalue weighted by molar-refractivity contribution is 5.82. The predicted molar refractivity (Wildman–Crippen MR) is 86.8 cm³/mol. The summed E-state index contributed by atoms with van der Waals surface area (Å²) in [6.45, 7) is 3.12. The monoisotopic (exact) mass is 302 g/mol. The van der Waals surface area contributed by atoms with Crippen LogP contribution in [-0.2, 0) is 14.9 Å². The standard InChI is InChI=1S/C18H26N2O2/c1-18(13-7-5-4-6-8-13)10-14(11-18)19-17(21)16-9-15(22-3)12-20(16)2/h4-8,14-16H,9-12H2,1-3H3,(H,19,21)/t14?,15-,16-,18?/m0/s1.